The van der Waals surface area contributed by atoms with E-state index in [2.05, 4.69) is 9.84 Å². The second kappa shape index (κ2) is 4.23. The van der Waals surface area contributed by atoms with Gasteiger partial charge in [-0.05, 0) is 6.92 Å². The number of aromatic nitrogens is 2. The lowest BCUT2D eigenvalue weighted by Crippen LogP contribution is -2.21. The molecule has 0 bridgehead atoms. The molecule has 0 aliphatic rings. The Bertz CT molecular complexity index is 331. The van der Waals surface area contributed by atoms with Crippen molar-refractivity contribution in [1.82, 2.24) is 9.78 Å². The number of carbonyl (C=O) groups is 1. The Morgan fingerprint density at radius 3 is 2.93 bits per heavy atom. The Morgan fingerprint density at radius 1 is 1.79 bits per heavy atom. The van der Waals surface area contributed by atoms with Gasteiger partial charge in [0, 0.05) is 19.5 Å². The highest BCUT2D eigenvalue weighted by Gasteiger charge is 2.16. The van der Waals surface area contributed by atoms with E-state index in [9.17, 15) is 4.79 Å². The van der Waals surface area contributed by atoms with Crippen LogP contribution in [0.3, 0.4) is 0 Å². The third kappa shape index (κ3) is 2.11. The molecule has 0 aromatic carbocycles. The van der Waals surface area contributed by atoms with Crippen molar-refractivity contribution >= 4 is 5.97 Å². The number of hydrogen-bond acceptors (Lipinski definition) is 4. The SMILES string of the molecule is COC(=O)c1cnn(C)c1C[C@@H](C)N. The first kappa shape index (κ1) is 10.7. The summed E-state index contributed by atoms with van der Waals surface area (Å²) >= 11 is 0. The Morgan fingerprint density at radius 2 is 2.43 bits per heavy atom. The summed E-state index contributed by atoms with van der Waals surface area (Å²) in [6.07, 6.45) is 2.12. The van der Waals surface area contributed by atoms with Crippen molar-refractivity contribution in [3.8, 4) is 0 Å². The maximum atomic E-state index is 11.3. The predicted molar refractivity (Wildman–Crippen MR) is 51.9 cm³/mol. The van der Waals surface area contributed by atoms with Gasteiger partial charge in [0.05, 0.1) is 19.0 Å². The first-order chi connectivity index (χ1) is 6.56. The number of rotatable bonds is 3. The van der Waals surface area contributed by atoms with Gasteiger partial charge in [-0.2, -0.15) is 5.10 Å². The van der Waals surface area contributed by atoms with E-state index >= 15 is 0 Å². The number of nitrogens with two attached hydrogens (primary N) is 1. The topological polar surface area (TPSA) is 70.1 Å². The molecule has 5 heteroatoms. The molecule has 0 saturated carbocycles. The minimum atomic E-state index is -0.367. The van der Waals surface area contributed by atoms with Crippen LogP contribution < -0.4 is 5.73 Å². The molecule has 2 N–H and O–H groups in total. The molecule has 0 amide bonds. The summed E-state index contributed by atoms with van der Waals surface area (Å²) in [5.41, 5.74) is 6.97. The van der Waals surface area contributed by atoms with Gasteiger partial charge < -0.3 is 10.5 Å². The van der Waals surface area contributed by atoms with Gasteiger partial charge in [0.25, 0.3) is 0 Å². The highest BCUT2D eigenvalue weighted by molar-refractivity contribution is 5.90. The molecule has 1 rings (SSSR count). The van der Waals surface area contributed by atoms with Gasteiger partial charge in [-0.3, -0.25) is 4.68 Å². The molecule has 0 radical (unpaired) electrons. The Hall–Kier alpha value is -1.36. The van der Waals surface area contributed by atoms with Crippen molar-refractivity contribution in [1.29, 1.82) is 0 Å². The monoisotopic (exact) mass is 197 g/mol. The van der Waals surface area contributed by atoms with Crippen molar-refractivity contribution < 1.29 is 9.53 Å². The molecular formula is C9H15N3O2. The summed E-state index contributed by atoms with van der Waals surface area (Å²) in [5, 5.41) is 4.00. The van der Waals surface area contributed by atoms with Gasteiger partial charge in [-0.25, -0.2) is 4.79 Å². The van der Waals surface area contributed by atoms with Crippen LogP contribution in [-0.2, 0) is 18.2 Å². The third-order valence-electron chi connectivity index (χ3n) is 1.98. The standard InChI is InChI=1S/C9H15N3O2/c1-6(10)4-8-7(9(13)14-3)5-11-12(8)2/h5-6H,4,10H2,1-3H3/t6-/m1/s1. The molecule has 0 fully saturated rings. The summed E-state index contributed by atoms with van der Waals surface area (Å²) in [6.45, 7) is 1.88. The second-order valence-electron chi connectivity index (χ2n) is 3.30. The number of hydrogen-bond donors (Lipinski definition) is 1. The molecule has 0 aliphatic heterocycles. The molecule has 0 saturated heterocycles. The van der Waals surface area contributed by atoms with Crippen molar-refractivity contribution in [3.05, 3.63) is 17.5 Å². The summed E-state index contributed by atoms with van der Waals surface area (Å²) in [4.78, 5) is 11.3. The summed E-state index contributed by atoms with van der Waals surface area (Å²) < 4.78 is 6.29. The predicted octanol–water partition coefficient (Wildman–Crippen LogP) is 0.0964. The molecule has 0 unspecified atom stereocenters. The molecule has 78 valence electrons. The van der Waals surface area contributed by atoms with Crippen molar-refractivity contribution in [2.75, 3.05) is 7.11 Å². The minimum absolute atomic E-state index is 0.00574. The van der Waals surface area contributed by atoms with Crippen LogP contribution in [-0.4, -0.2) is 28.9 Å². The lowest BCUT2D eigenvalue weighted by molar-refractivity contribution is 0.0599. The van der Waals surface area contributed by atoms with Crippen molar-refractivity contribution in [2.45, 2.75) is 19.4 Å². The first-order valence-electron chi connectivity index (χ1n) is 4.41. The smallest absolute Gasteiger partial charge is 0.341 e. The molecule has 5 nitrogen and oxygen atoms in total. The van der Waals surface area contributed by atoms with Crippen molar-refractivity contribution in [2.24, 2.45) is 12.8 Å². The molecule has 1 atom stereocenters. The maximum absolute atomic E-state index is 11.3. The lowest BCUT2D eigenvalue weighted by Gasteiger charge is -2.07. The van der Waals surface area contributed by atoms with Gasteiger partial charge in [0.15, 0.2) is 0 Å². The largest absolute Gasteiger partial charge is 0.465 e. The normalized spacial score (nSPS) is 12.6. The molecular weight excluding hydrogens is 182 g/mol. The van der Waals surface area contributed by atoms with Gasteiger partial charge in [0.2, 0.25) is 0 Å². The highest BCUT2D eigenvalue weighted by atomic mass is 16.5. The zero-order chi connectivity index (χ0) is 10.7. The summed E-state index contributed by atoms with van der Waals surface area (Å²) in [5.74, 6) is -0.367. The Balaban J connectivity index is 2.99. The van der Waals surface area contributed by atoms with Gasteiger partial charge in [-0.1, -0.05) is 0 Å². The summed E-state index contributed by atoms with van der Waals surface area (Å²) in [6, 6.07) is -0.00574. The van der Waals surface area contributed by atoms with Gasteiger partial charge in [-0.15, -0.1) is 0 Å². The Kier molecular flexibility index (Phi) is 3.24. The fraction of sp³-hybridized carbons (Fsp3) is 0.556. The van der Waals surface area contributed by atoms with Crippen LogP contribution in [0.1, 0.15) is 23.0 Å². The van der Waals surface area contributed by atoms with Crippen LogP contribution >= 0.6 is 0 Å². The fourth-order valence-corrected chi connectivity index (χ4v) is 1.29. The van der Waals surface area contributed by atoms with Crippen LogP contribution in [0.15, 0.2) is 6.20 Å². The van der Waals surface area contributed by atoms with Crippen LogP contribution in [0, 0.1) is 0 Å². The van der Waals surface area contributed by atoms with E-state index in [0.29, 0.717) is 12.0 Å². The first-order valence-corrected chi connectivity index (χ1v) is 4.41. The number of aryl methyl sites for hydroxylation is 1. The molecule has 1 heterocycles. The van der Waals surface area contributed by atoms with E-state index in [4.69, 9.17) is 5.73 Å². The molecule has 0 spiro atoms. The number of ether oxygens (including phenoxy) is 1. The molecule has 14 heavy (non-hydrogen) atoms. The summed E-state index contributed by atoms with van der Waals surface area (Å²) in [7, 11) is 3.13. The molecule has 0 aliphatic carbocycles. The lowest BCUT2D eigenvalue weighted by atomic mass is 10.1. The van der Waals surface area contributed by atoms with E-state index in [1.54, 1.807) is 11.7 Å². The molecule has 1 aromatic heterocycles. The number of esters is 1. The van der Waals surface area contributed by atoms with E-state index in [0.717, 1.165) is 5.69 Å². The fourth-order valence-electron chi connectivity index (χ4n) is 1.29. The van der Waals surface area contributed by atoms with E-state index in [1.165, 1.54) is 13.3 Å². The number of methoxy groups -OCH3 is 1. The highest BCUT2D eigenvalue weighted by Crippen LogP contribution is 2.10. The van der Waals surface area contributed by atoms with Crippen LogP contribution in [0.25, 0.3) is 0 Å². The van der Waals surface area contributed by atoms with Gasteiger partial charge in [0.1, 0.15) is 5.56 Å². The Labute approximate surface area is 82.8 Å². The average Bonchev–Trinajstić information content (AvgIpc) is 2.46. The van der Waals surface area contributed by atoms with Crippen molar-refractivity contribution in [3.63, 3.8) is 0 Å². The van der Waals surface area contributed by atoms with E-state index in [-0.39, 0.29) is 12.0 Å². The minimum Gasteiger partial charge on any atom is -0.465 e. The third-order valence-corrected chi connectivity index (χ3v) is 1.98. The van der Waals surface area contributed by atoms with Gasteiger partial charge >= 0.3 is 5.97 Å². The number of nitrogens with zero attached hydrogens (tertiary/aromatic N) is 2. The number of carbonyl (C=O) groups excluding carboxylic acids is 1. The second-order valence-corrected chi connectivity index (χ2v) is 3.30. The van der Waals surface area contributed by atoms with Crippen LogP contribution in [0.5, 0.6) is 0 Å². The average molecular weight is 197 g/mol. The van der Waals surface area contributed by atoms with E-state index in [1.807, 2.05) is 6.92 Å². The zero-order valence-corrected chi connectivity index (χ0v) is 8.65. The zero-order valence-electron chi connectivity index (χ0n) is 8.65. The van der Waals surface area contributed by atoms with E-state index < -0.39 is 0 Å². The molecule has 1 aromatic rings. The maximum Gasteiger partial charge on any atom is 0.341 e. The van der Waals surface area contributed by atoms with Crippen LogP contribution in [0.4, 0.5) is 0 Å². The van der Waals surface area contributed by atoms with Crippen LogP contribution in [0.2, 0.25) is 0 Å². The quantitative estimate of drug-likeness (QED) is 0.697.